The smallest absolute Gasteiger partial charge is 0.0633 e. The van der Waals surface area contributed by atoms with Crippen LogP contribution in [-0.2, 0) is 12.8 Å². The van der Waals surface area contributed by atoms with Crippen molar-refractivity contribution in [3.63, 3.8) is 0 Å². The number of rotatable bonds is 4. The average Bonchev–Trinajstić information content (AvgIpc) is 2.50. The van der Waals surface area contributed by atoms with Crippen molar-refractivity contribution in [1.29, 1.82) is 0 Å². The van der Waals surface area contributed by atoms with E-state index in [-0.39, 0.29) is 0 Å². The summed E-state index contributed by atoms with van der Waals surface area (Å²) < 4.78 is 0. The summed E-state index contributed by atoms with van der Waals surface area (Å²) in [7, 11) is 0. The van der Waals surface area contributed by atoms with Gasteiger partial charge < -0.3 is 0 Å². The summed E-state index contributed by atoms with van der Waals surface area (Å²) in [6.07, 6.45) is 5.36. The van der Waals surface area contributed by atoms with Crippen molar-refractivity contribution in [2.24, 2.45) is 0 Å². The molecule has 0 saturated carbocycles. The largest absolute Gasteiger partial charge is 0.261 e. The van der Waals surface area contributed by atoms with E-state index in [1.54, 1.807) is 0 Å². The second-order valence-corrected chi connectivity index (χ2v) is 4.83. The van der Waals surface area contributed by atoms with Gasteiger partial charge in [0.1, 0.15) is 0 Å². The van der Waals surface area contributed by atoms with E-state index in [0.29, 0.717) is 0 Å². The summed E-state index contributed by atoms with van der Waals surface area (Å²) in [6, 6.07) is 20.7. The molecule has 3 rings (SSSR count). The maximum Gasteiger partial charge on any atom is 0.0633 e. The minimum absolute atomic E-state index is 0.830. The zero-order valence-electron chi connectivity index (χ0n) is 11.2. The van der Waals surface area contributed by atoms with E-state index in [2.05, 4.69) is 53.5 Å². The highest BCUT2D eigenvalue weighted by Crippen LogP contribution is 2.09. The molecular weight excluding hydrogens is 244 g/mol. The third-order valence-electron chi connectivity index (χ3n) is 3.19. The van der Waals surface area contributed by atoms with E-state index in [1.165, 1.54) is 11.1 Å². The van der Waals surface area contributed by atoms with Crippen molar-refractivity contribution < 1.29 is 0 Å². The summed E-state index contributed by atoms with van der Waals surface area (Å²) in [5.41, 5.74) is 4.56. The number of benzene rings is 2. The lowest BCUT2D eigenvalue weighted by molar-refractivity contribution is 0.953. The van der Waals surface area contributed by atoms with Crippen LogP contribution in [0.15, 0.2) is 73.1 Å². The molecule has 0 fully saturated rings. The third kappa shape index (κ3) is 3.29. The van der Waals surface area contributed by atoms with Gasteiger partial charge in [-0.3, -0.25) is 9.97 Å². The average molecular weight is 260 g/mol. The van der Waals surface area contributed by atoms with E-state index in [0.717, 1.165) is 24.2 Å². The zero-order valence-corrected chi connectivity index (χ0v) is 11.2. The zero-order chi connectivity index (χ0) is 13.6. The Morgan fingerprint density at radius 3 is 1.50 bits per heavy atom. The molecule has 2 heteroatoms. The van der Waals surface area contributed by atoms with Crippen LogP contribution in [0.5, 0.6) is 0 Å². The molecule has 2 nitrogen and oxygen atoms in total. The number of aromatic nitrogens is 2. The predicted molar refractivity (Wildman–Crippen MR) is 80.5 cm³/mol. The molecule has 0 amide bonds. The lowest BCUT2D eigenvalue weighted by atomic mass is 10.1. The summed E-state index contributed by atoms with van der Waals surface area (Å²) in [6.45, 7) is 0. The van der Waals surface area contributed by atoms with Crippen molar-refractivity contribution in [3.8, 4) is 0 Å². The Morgan fingerprint density at radius 1 is 0.600 bits per heavy atom. The first-order chi connectivity index (χ1) is 9.90. The SMILES string of the molecule is c1ccc(Cc2cncc(Cc3ccccc3)n2)cc1. The van der Waals surface area contributed by atoms with E-state index < -0.39 is 0 Å². The Labute approximate surface area is 119 Å². The highest BCUT2D eigenvalue weighted by Gasteiger charge is 2.02. The van der Waals surface area contributed by atoms with Gasteiger partial charge >= 0.3 is 0 Å². The van der Waals surface area contributed by atoms with Crippen molar-refractivity contribution >= 4 is 0 Å². The lowest BCUT2D eigenvalue weighted by Crippen LogP contribution is -1.99. The normalized spacial score (nSPS) is 10.4. The quantitative estimate of drug-likeness (QED) is 0.715. The van der Waals surface area contributed by atoms with Crippen LogP contribution in [0.3, 0.4) is 0 Å². The van der Waals surface area contributed by atoms with E-state index in [4.69, 9.17) is 4.98 Å². The van der Waals surface area contributed by atoms with Gasteiger partial charge in [0.15, 0.2) is 0 Å². The molecule has 0 N–H and O–H groups in total. The second-order valence-electron chi connectivity index (χ2n) is 4.83. The minimum Gasteiger partial charge on any atom is -0.261 e. The molecular formula is C18H16N2. The van der Waals surface area contributed by atoms with E-state index in [1.807, 2.05) is 24.5 Å². The molecule has 0 radical (unpaired) electrons. The molecule has 20 heavy (non-hydrogen) atoms. The Balaban J connectivity index is 1.76. The number of nitrogens with zero attached hydrogens (tertiary/aromatic N) is 2. The highest BCUT2D eigenvalue weighted by molar-refractivity contribution is 5.23. The molecule has 2 aromatic carbocycles. The first-order valence-corrected chi connectivity index (χ1v) is 6.78. The molecule has 1 heterocycles. The Hall–Kier alpha value is -2.48. The number of hydrogen-bond donors (Lipinski definition) is 0. The van der Waals surface area contributed by atoms with Gasteiger partial charge in [-0.2, -0.15) is 0 Å². The van der Waals surface area contributed by atoms with Crippen molar-refractivity contribution in [2.75, 3.05) is 0 Å². The summed E-state index contributed by atoms with van der Waals surface area (Å²) >= 11 is 0. The Bertz CT molecular complexity index is 607. The topological polar surface area (TPSA) is 25.8 Å². The van der Waals surface area contributed by atoms with E-state index in [9.17, 15) is 0 Å². The molecule has 0 unspecified atom stereocenters. The van der Waals surface area contributed by atoms with Crippen LogP contribution in [0.4, 0.5) is 0 Å². The van der Waals surface area contributed by atoms with Crippen LogP contribution in [0.25, 0.3) is 0 Å². The predicted octanol–water partition coefficient (Wildman–Crippen LogP) is 3.66. The first-order valence-electron chi connectivity index (χ1n) is 6.78. The summed E-state index contributed by atoms with van der Waals surface area (Å²) in [5.74, 6) is 0. The van der Waals surface area contributed by atoms with Crippen molar-refractivity contribution in [2.45, 2.75) is 12.8 Å². The second kappa shape index (κ2) is 6.11. The van der Waals surface area contributed by atoms with Gasteiger partial charge in [0.2, 0.25) is 0 Å². The fourth-order valence-corrected chi connectivity index (χ4v) is 2.23. The fraction of sp³-hybridized carbons (Fsp3) is 0.111. The van der Waals surface area contributed by atoms with Gasteiger partial charge in [-0.05, 0) is 11.1 Å². The third-order valence-corrected chi connectivity index (χ3v) is 3.19. The Kier molecular flexibility index (Phi) is 3.83. The van der Waals surface area contributed by atoms with Crippen LogP contribution in [0, 0.1) is 0 Å². The molecule has 0 aliphatic heterocycles. The maximum atomic E-state index is 4.70. The van der Waals surface area contributed by atoms with Gasteiger partial charge in [0.25, 0.3) is 0 Å². The molecule has 0 spiro atoms. The van der Waals surface area contributed by atoms with Gasteiger partial charge in [-0.25, -0.2) is 0 Å². The van der Waals surface area contributed by atoms with E-state index >= 15 is 0 Å². The van der Waals surface area contributed by atoms with Crippen LogP contribution in [-0.4, -0.2) is 9.97 Å². The molecule has 98 valence electrons. The molecule has 0 aliphatic rings. The van der Waals surface area contributed by atoms with Crippen LogP contribution < -0.4 is 0 Å². The van der Waals surface area contributed by atoms with Crippen molar-refractivity contribution in [3.05, 3.63) is 95.6 Å². The standard InChI is InChI=1S/C18H16N2/c1-3-7-15(8-4-1)11-17-13-19-14-18(20-17)12-16-9-5-2-6-10-16/h1-10,13-14H,11-12H2. The van der Waals surface area contributed by atoms with Gasteiger partial charge in [0.05, 0.1) is 11.4 Å². The molecule has 3 aromatic rings. The molecule has 1 aromatic heterocycles. The van der Waals surface area contributed by atoms with Gasteiger partial charge in [0, 0.05) is 25.2 Å². The maximum absolute atomic E-state index is 4.70. The highest BCUT2D eigenvalue weighted by atomic mass is 14.8. The molecule has 0 saturated heterocycles. The summed E-state index contributed by atoms with van der Waals surface area (Å²) in [5, 5.41) is 0. The van der Waals surface area contributed by atoms with Crippen LogP contribution in [0.1, 0.15) is 22.5 Å². The molecule has 0 bridgehead atoms. The molecule has 0 atom stereocenters. The lowest BCUT2D eigenvalue weighted by Gasteiger charge is -2.04. The van der Waals surface area contributed by atoms with Gasteiger partial charge in [-0.1, -0.05) is 60.7 Å². The van der Waals surface area contributed by atoms with Gasteiger partial charge in [-0.15, -0.1) is 0 Å². The Morgan fingerprint density at radius 2 is 1.05 bits per heavy atom. The molecule has 0 aliphatic carbocycles. The van der Waals surface area contributed by atoms with Crippen molar-refractivity contribution in [1.82, 2.24) is 9.97 Å². The van der Waals surface area contributed by atoms with Crippen LogP contribution in [0.2, 0.25) is 0 Å². The van der Waals surface area contributed by atoms with Crippen LogP contribution >= 0.6 is 0 Å². The fourth-order valence-electron chi connectivity index (χ4n) is 2.23. The first kappa shape index (κ1) is 12.5. The monoisotopic (exact) mass is 260 g/mol. The minimum atomic E-state index is 0.830. The summed E-state index contributed by atoms with van der Waals surface area (Å²) in [4.78, 5) is 9.02. The number of hydrogen-bond acceptors (Lipinski definition) is 2.